The number of benzene rings is 1. The monoisotopic (exact) mass is 457 g/mol. The lowest BCUT2D eigenvalue weighted by Gasteiger charge is -2.12. The standard InChI is InChI=1S/C19H18F3N3O5S/c1-8-15(18(28)25-12(6-26)17(23)27)11-5-10(3-4-13(11)30-8)29-7-14-16(19(20,21)22)24-9(2)31-14/h3-5,12,26H,6-7H2,1-2H3,(H2,23,27)(H,25,28)/t12-/m0/s1. The lowest BCUT2D eigenvalue weighted by molar-refractivity contribution is -0.141. The number of carbonyl (C=O) groups excluding carboxylic acids is 2. The van der Waals surface area contributed by atoms with Gasteiger partial charge in [0, 0.05) is 5.39 Å². The van der Waals surface area contributed by atoms with Gasteiger partial charge in [-0.25, -0.2) is 4.98 Å². The summed E-state index contributed by atoms with van der Waals surface area (Å²) in [5, 5.41) is 12.1. The first-order valence-corrected chi connectivity index (χ1v) is 9.73. The van der Waals surface area contributed by atoms with Crippen molar-refractivity contribution in [2.24, 2.45) is 5.73 Å². The van der Waals surface area contributed by atoms with E-state index in [1.165, 1.54) is 32.0 Å². The van der Waals surface area contributed by atoms with Gasteiger partial charge in [-0.05, 0) is 32.0 Å². The van der Waals surface area contributed by atoms with E-state index in [9.17, 15) is 27.9 Å². The minimum Gasteiger partial charge on any atom is -0.488 e. The van der Waals surface area contributed by atoms with Crippen molar-refractivity contribution in [3.63, 3.8) is 0 Å². The van der Waals surface area contributed by atoms with E-state index in [4.69, 9.17) is 14.9 Å². The highest BCUT2D eigenvalue weighted by Crippen LogP contribution is 2.35. The molecule has 2 aromatic heterocycles. The maximum atomic E-state index is 13.1. The predicted molar refractivity (Wildman–Crippen MR) is 105 cm³/mol. The van der Waals surface area contributed by atoms with Crippen LogP contribution in [0.5, 0.6) is 5.75 Å². The first-order chi connectivity index (χ1) is 14.5. The van der Waals surface area contributed by atoms with Gasteiger partial charge < -0.3 is 25.3 Å². The fourth-order valence-electron chi connectivity index (χ4n) is 2.95. The number of nitrogens with one attached hydrogen (secondary N) is 1. The number of aromatic nitrogens is 1. The quantitative estimate of drug-likeness (QED) is 0.501. The Labute approximate surface area is 177 Å². The topological polar surface area (TPSA) is 128 Å². The molecule has 4 N–H and O–H groups in total. The van der Waals surface area contributed by atoms with Gasteiger partial charge in [-0.1, -0.05) is 0 Å². The lowest BCUT2D eigenvalue weighted by atomic mass is 10.1. The number of amides is 2. The number of carbonyl (C=O) groups is 2. The van der Waals surface area contributed by atoms with Crippen LogP contribution in [0.2, 0.25) is 0 Å². The number of ether oxygens (including phenoxy) is 1. The van der Waals surface area contributed by atoms with Crippen LogP contribution in [-0.4, -0.2) is 34.6 Å². The first kappa shape index (κ1) is 22.6. The molecule has 1 aromatic carbocycles. The van der Waals surface area contributed by atoms with Crippen LogP contribution in [0, 0.1) is 13.8 Å². The first-order valence-electron chi connectivity index (χ1n) is 8.91. The summed E-state index contributed by atoms with van der Waals surface area (Å²) in [7, 11) is 0. The van der Waals surface area contributed by atoms with Gasteiger partial charge in [0.1, 0.15) is 29.7 Å². The number of hydrogen-bond donors (Lipinski definition) is 3. The van der Waals surface area contributed by atoms with Crippen molar-refractivity contribution < 1.29 is 37.0 Å². The van der Waals surface area contributed by atoms with Gasteiger partial charge in [0.05, 0.1) is 22.1 Å². The molecule has 0 aliphatic rings. The molecule has 0 bridgehead atoms. The number of fused-ring (bicyclic) bond motifs is 1. The van der Waals surface area contributed by atoms with E-state index in [-0.39, 0.29) is 33.6 Å². The molecule has 2 heterocycles. The van der Waals surface area contributed by atoms with E-state index in [1.807, 2.05) is 0 Å². The molecule has 31 heavy (non-hydrogen) atoms. The smallest absolute Gasteiger partial charge is 0.434 e. The molecule has 0 aliphatic heterocycles. The Balaban J connectivity index is 1.87. The maximum absolute atomic E-state index is 13.1. The van der Waals surface area contributed by atoms with Gasteiger partial charge in [-0.15, -0.1) is 11.3 Å². The molecule has 3 aromatic rings. The number of nitrogens with zero attached hydrogens (tertiary/aromatic N) is 1. The third-order valence-electron chi connectivity index (χ3n) is 4.34. The molecule has 0 saturated carbocycles. The number of primary amides is 1. The van der Waals surface area contributed by atoms with E-state index in [1.54, 1.807) is 0 Å². The maximum Gasteiger partial charge on any atom is 0.434 e. The Morgan fingerprint density at radius 1 is 1.35 bits per heavy atom. The van der Waals surface area contributed by atoms with Crippen LogP contribution in [0.15, 0.2) is 22.6 Å². The molecule has 1 atom stereocenters. The van der Waals surface area contributed by atoms with Crippen LogP contribution >= 0.6 is 11.3 Å². The third-order valence-corrected chi connectivity index (χ3v) is 5.28. The number of hydrogen-bond acceptors (Lipinski definition) is 7. The van der Waals surface area contributed by atoms with Crippen molar-refractivity contribution >= 4 is 34.1 Å². The summed E-state index contributed by atoms with van der Waals surface area (Å²) in [5.74, 6) is -1.17. The number of aryl methyl sites for hydroxylation is 2. The molecule has 3 rings (SSSR count). The number of aliphatic hydroxyl groups excluding tert-OH is 1. The number of halogens is 3. The molecule has 0 saturated heterocycles. The average molecular weight is 457 g/mol. The molecule has 12 heteroatoms. The molecular weight excluding hydrogens is 439 g/mol. The number of aliphatic hydroxyl groups is 1. The van der Waals surface area contributed by atoms with Crippen molar-refractivity contribution in [1.82, 2.24) is 10.3 Å². The SMILES string of the molecule is Cc1nc(C(F)(F)F)c(COc2ccc3oc(C)c(C(=O)N[C@@H](CO)C(N)=O)c3c2)s1. The van der Waals surface area contributed by atoms with Crippen LogP contribution < -0.4 is 15.8 Å². The summed E-state index contributed by atoms with van der Waals surface area (Å²) in [6, 6.07) is 3.16. The van der Waals surface area contributed by atoms with Gasteiger partial charge in [0.15, 0.2) is 5.69 Å². The second-order valence-electron chi connectivity index (χ2n) is 6.59. The van der Waals surface area contributed by atoms with Crippen LogP contribution in [0.4, 0.5) is 13.2 Å². The van der Waals surface area contributed by atoms with Gasteiger partial charge in [0.2, 0.25) is 5.91 Å². The molecule has 0 unspecified atom stereocenters. The van der Waals surface area contributed by atoms with Crippen molar-refractivity contribution in [3.8, 4) is 5.75 Å². The fraction of sp³-hybridized carbons (Fsp3) is 0.316. The molecule has 8 nitrogen and oxygen atoms in total. The summed E-state index contributed by atoms with van der Waals surface area (Å²) in [6.45, 7) is 1.96. The predicted octanol–water partition coefficient (Wildman–Crippen LogP) is 2.68. The summed E-state index contributed by atoms with van der Waals surface area (Å²) in [4.78, 5) is 27.3. The van der Waals surface area contributed by atoms with E-state index in [0.717, 1.165) is 11.3 Å². The summed E-state index contributed by atoms with van der Waals surface area (Å²) >= 11 is 0.882. The van der Waals surface area contributed by atoms with E-state index in [0.29, 0.717) is 11.0 Å². The number of nitrogens with two attached hydrogens (primary N) is 1. The highest BCUT2D eigenvalue weighted by atomic mass is 32.1. The van der Waals surface area contributed by atoms with Crippen molar-refractivity contribution in [3.05, 3.63) is 45.1 Å². The van der Waals surface area contributed by atoms with Gasteiger partial charge in [-0.2, -0.15) is 13.2 Å². The molecule has 0 fully saturated rings. The van der Waals surface area contributed by atoms with E-state index >= 15 is 0 Å². The molecule has 0 aliphatic carbocycles. The lowest BCUT2D eigenvalue weighted by Crippen LogP contribution is -2.46. The second-order valence-corrected chi connectivity index (χ2v) is 7.88. The Morgan fingerprint density at radius 3 is 2.68 bits per heavy atom. The van der Waals surface area contributed by atoms with Gasteiger partial charge in [0.25, 0.3) is 5.91 Å². The molecule has 166 valence electrons. The number of rotatable bonds is 7. The highest BCUT2D eigenvalue weighted by Gasteiger charge is 2.37. The zero-order valence-corrected chi connectivity index (χ0v) is 17.2. The van der Waals surface area contributed by atoms with Crippen molar-refractivity contribution in [2.75, 3.05) is 6.61 Å². The zero-order chi connectivity index (χ0) is 22.9. The highest BCUT2D eigenvalue weighted by molar-refractivity contribution is 7.11. The molecule has 0 radical (unpaired) electrons. The summed E-state index contributed by atoms with van der Waals surface area (Å²) < 4.78 is 50.4. The number of furan rings is 1. The average Bonchev–Trinajstić information content (AvgIpc) is 3.22. The molecular formula is C19H18F3N3O5S. The van der Waals surface area contributed by atoms with Crippen LogP contribution in [0.3, 0.4) is 0 Å². The Bertz CT molecular complexity index is 1140. The van der Waals surface area contributed by atoms with Crippen molar-refractivity contribution in [1.29, 1.82) is 0 Å². The largest absolute Gasteiger partial charge is 0.488 e. The van der Waals surface area contributed by atoms with Crippen molar-refractivity contribution in [2.45, 2.75) is 32.7 Å². The fourth-order valence-corrected chi connectivity index (χ4v) is 3.82. The minimum atomic E-state index is -4.59. The third kappa shape index (κ3) is 4.80. The second kappa shape index (κ2) is 8.55. The Morgan fingerprint density at radius 2 is 2.06 bits per heavy atom. The zero-order valence-electron chi connectivity index (χ0n) is 16.4. The van der Waals surface area contributed by atoms with Crippen LogP contribution in [0.1, 0.15) is 31.7 Å². The van der Waals surface area contributed by atoms with Crippen LogP contribution in [-0.2, 0) is 17.6 Å². The van der Waals surface area contributed by atoms with Crippen LogP contribution in [0.25, 0.3) is 11.0 Å². The number of thiazole rings is 1. The molecule has 2 amide bonds. The van der Waals surface area contributed by atoms with Gasteiger partial charge >= 0.3 is 6.18 Å². The normalized spacial score (nSPS) is 12.7. The van der Waals surface area contributed by atoms with E-state index < -0.39 is 36.3 Å². The molecule has 0 spiro atoms. The summed E-state index contributed by atoms with van der Waals surface area (Å²) in [5.41, 5.74) is 4.55. The van der Waals surface area contributed by atoms with E-state index in [2.05, 4.69) is 10.3 Å². The number of alkyl halides is 3. The summed E-state index contributed by atoms with van der Waals surface area (Å²) in [6.07, 6.45) is -4.59. The Hall–Kier alpha value is -3.12. The minimum absolute atomic E-state index is 0.0707. The Kier molecular flexibility index (Phi) is 6.23. The van der Waals surface area contributed by atoms with Gasteiger partial charge in [-0.3, -0.25) is 9.59 Å².